The van der Waals surface area contributed by atoms with Crippen LogP contribution in [0.4, 0.5) is 8.78 Å². The molecule has 1 heterocycles. The topological polar surface area (TPSA) is 47.0 Å². The molecule has 84 valence electrons. The lowest BCUT2D eigenvalue weighted by Gasteiger charge is -2.08. The molecule has 0 N–H and O–H groups in total. The van der Waals surface area contributed by atoms with Crippen molar-refractivity contribution in [1.82, 2.24) is 4.98 Å². The van der Waals surface area contributed by atoms with Crippen LogP contribution in [0.1, 0.15) is 12.0 Å². The van der Waals surface area contributed by atoms with Gasteiger partial charge in [0.25, 0.3) is 15.5 Å². The molecule has 0 aromatic carbocycles. The van der Waals surface area contributed by atoms with E-state index in [2.05, 4.69) is 36.8 Å². The summed E-state index contributed by atoms with van der Waals surface area (Å²) in [4.78, 5) is 3.35. The van der Waals surface area contributed by atoms with Gasteiger partial charge >= 0.3 is 0 Å². The Hall–Kier alpha value is 0.210. The Kier molecular flexibility index (Phi) is 4.07. The fraction of sp³-hybridized carbons (Fsp3) is 0.167. The second kappa shape index (κ2) is 4.60. The van der Waals surface area contributed by atoms with Gasteiger partial charge in [-0.2, -0.15) is 0 Å². The summed E-state index contributed by atoms with van der Waals surface area (Å²) in [5.41, 5.74) is -0.751. The van der Waals surface area contributed by atoms with Crippen LogP contribution in [0.3, 0.4) is 0 Å². The van der Waals surface area contributed by atoms with E-state index < -0.39 is 26.1 Å². The number of aromatic nitrogens is 1. The lowest BCUT2D eigenvalue weighted by molar-refractivity contribution is 0.146. The third-order valence-electron chi connectivity index (χ3n) is 1.42. The average molecular weight is 385 g/mol. The van der Waals surface area contributed by atoms with Crippen LogP contribution in [-0.4, -0.2) is 13.4 Å². The van der Waals surface area contributed by atoms with E-state index in [9.17, 15) is 17.2 Å². The molecular formula is C6H2Br2ClF2NO2S. The standard InChI is InChI=1S/C6H2Br2ClF2NO2S/c7-2-1-12-6(15(9,13)14)3(4(2)8)5(10)11/h1,5H. The Morgan fingerprint density at radius 2 is 1.93 bits per heavy atom. The van der Waals surface area contributed by atoms with Crippen molar-refractivity contribution < 1.29 is 17.2 Å². The van der Waals surface area contributed by atoms with Crippen LogP contribution in [0, 0.1) is 0 Å². The molecule has 15 heavy (non-hydrogen) atoms. The molecular weight excluding hydrogens is 383 g/mol. The van der Waals surface area contributed by atoms with E-state index in [0.717, 1.165) is 6.20 Å². The molecule has 0 spiro atoms. The van der Waals surface area contributed by atoms with Gasteiger partial charge in [0.05, 0.1) is 10.0 Å². The maximum atomic E-state index is 12.6. The van der Waals surface area contributed by atoms with E-state index in [1.807, 2.05) is 0 Å². The zero-order chi connectivity index (χ0) is 11.8. The summed E-state index contributed by atoms with van der Waals surface area (Å²) < 4.78 is 47.2. The Labute approximate surface area is 106 Å². The first-order valence-electron chi connectivity index (χ1n) is 3.32. The van der Waals surface area contributed by atoms with E-state index in [0.29, 0.717) is 0 Å². The molecule has 3 nitrogen and oxygen atoms in total. The summed E-state index contributed by atoms with van der Waals surface area (Å²) in [6.07, 6.45) is -1.92. The van der Waals surface area contributed by atoms with Crippen molar-refractivity contribution in [2.45, 2.75) is 11.5 Å². The molecule has 0 aliphatic rings. The molecule has 0 aliphatic carbocycles. The van der Waals surface area contributed by atoms with Crippen LogP contribution in [0.25, 0.3) is 0 Å². The minimum atomic E-state index is -4.29. The summed E-state index contributed by atoms with van der Waals surface area (Å²) in [5, 5.41) is -0.839. The number of hydrogen-bond donors (Lipinski definition) is 0. The smallest absolute Gasteiger partial charge is 0.242 e. The molecule has 9 heteroatoms. The van der Waals surface area contributed by atoms with Crippen molar-refractivity contribution >= 4 is 51.6 Å². The first kappa shape index (κ1) is 13.3. The first-order valence-corrected chi connectivity index (χ1v) is 7.21. The molecule has 0 amide bonds. The predicted molar refractivity (Wildman–Crippen MR) is 57.6 cm³/mol. The molecule has 1 aromatic heterocycles. The maximum Gasteiger partial charge on any atom is 0.279 e. The van der Waals surface area contributed by atoms with Crippen molar-refractivity contribution in [3.8, 4) is 0 Å². The number of hydrogen-bond acceptors (Lipinski definition) is 3. The van der Waals surface area contributed by atoms with E-state index >= 15 is 0 Å². The molecule has 0 saturated carbocycles. The molecule has 1 rings (SSSR count). The summed E-state index contributed by atoms with van der Waals surface area (Å²) in [6.45, 7) is 0. The van der Waals surface area contributed by atoms with Crippen molar-refractivity contribution in [3.63, 3.8) is 0 Å². The minimum absolute atomic E-state index is 0.0771. The largest absolute Gasteiger partial charge is 0.279 e. The molecule has 0 aliphatic heterocycles. The summed E-state index contributed by atoms with van der Waals surface area (Å²) >= 11 is 5.77. The van der Waals surface area contributed by atoms with Crippen LogP contribution in [0.5, 0.6) is 0 Å². The number of nitrogens with zero attached hydrogens (tertiary/aromatic N) is 1. The van der Waals surface area contributed by atoms with E-state index in [4.69, 9.17) is 10.7 Å². The zero-order valence-corrected chi connectivity index (χ0v) is 11.5. The number of alkyl halides is 2. The number of pyridine rings is 1. The monoisotopic (exact) mass is 383 g/mol. The van der Waals surface area contributed by atoms with Crippen LogP contribution < -0.4 is 0 Å². The fourth-order valence-corrected chi connectivity index (χ4v) is 2.76. The zero-order valence-electron chi connectivity index (χ0n) is 6.72. The van der Waals surface area contributed by atoms with Gasteiger partial charge in [-0.3, -0.25) is 0 Å². The highest BCUT2D eigenvalue weighted by Crippen LogP contribution is 2.37. The van der Waals surface area contributed by atoms with Gasteiger partial charge in [0.2, 0.25) is 0 Å². The van der Waals surface area contributed by atoms with Crippen LogP contribution in [0.2, 0.25) is 0 Å². The van der Waals surface area contributed by atoms with Crippen molar-refractivity contribution in [2.24, 2.45) is 0 Å². The van der Waals surface area contributed by atoms with Crippen molar-refractivity contribution in [2.75, 3.05) is 0 Å². The predicted octanol–water partition coefficient (Wildman–Crippen LogP) is 3.47. The SMILES string of the molecule is O=S(=O)(Cl)c1ncc(Br)c(Br)c1C(F)F. The third-order valence-corrected chi connectivity index (χ3v) is 4.63. The van der Waals surface area contributed by atoms with Gasteiger partial charge in [-0.15, -0.1) is 0 Å². The van der Waals surface area contributed by atoms with Crippen LogP contribution >= 0.6 is 42.5 Å². The minimum Gasteiger partial charge on any atom is -0.242 e. The van der Waals surface area contributed by atoms with Gasteiger partial charge in [0, 0.05) is 21.4 Å². The molecule has 0 saturated heterocycles. The van der Waals surface area contributed by atoms with Gasteiger partial charge in [0.15, 0.2) is 5.03 Å². The average Bonchev–Trinajstić information content (AvgIpc) is 2.06. The second-order valence-corrected chi connectivity index (χ2v) is 6.51. The van der Waals surface area contributed by atoms with Gasteiger partial charge in [0.1, 0.15) is 0 Å². The summed E-state index contributed by atoms with van der Waals surface area (Å²) in [5.74, 6) is 0. The highest BCUT2D eigenvalue weighted by Gasteiger charge is 2.27. The number of rotatable bonds is 2. The van der Waals surface area contributed by atoms with Crippen molar-refractivity contribution in [1.29, 1.82) is 0 Å². The summed E-state index contributed by atoms with van der Waals surface area (Å²) in [7, 11) is 0.685. The maximum absolute atomic E-state index is 12.6. The molecule has 0 bridgehead atoms. The Morgan fingerprint density at radius 1 is 1.40 bits per heavy atom. The molecule has 0 atom stereocenters. The molecule has 0 unspecified atom stereocenters. The van der Waals surface area contributed by atoms with Gasteiger partial charge in [-0.05, 0) is 31.9 Å². The van der Waals surface area contributed by atoms with Gasteiger partial charge in [-0.25, -0.2) is 22.2 Å². The summed E-state index contributed by atoms with van der Waals surface area (Å²) in [6, 6.07) is 0. The van der Waals surface area contributed by atoms with E-state index in [-0.39, 0.29) is 8.95 Å². The van der Waals surface area contributed by atoms with E-state index in [1.165, 1.54) is 0 Å². The highest BCUT2D eigenvalue weighted by atomic mass is 79.9. The Balaban J connectivity index is 3.62. The lowest BCUT2D eigenvalue weighted by Crippen LogP contribution is -2.03. The molecule has 0 fully saturated rings. The molecule has 0 radical (unpaired) electrons. The highest BCUT2D eigenvalue weighted by molar-refractivity contribution is 9.13. The third kappa shape index (κ3) is 2.86. The fourth-order valence-electron chi connectivity index (χ4n) is 0.847. The van der Waals surface area contributed by atoms with Crippen LogP contribution in [-0.2, 0) is 9.05 Å². The first-order chi connectivity index (χ1) is 6.75. The van der Waals surface area contributed by atoms with Gasteiger partial charge in [-0.1, -0.05) is 0 Å². The second-order valence-electron chi connectivity index (χ2n) is 2.38. The van der Waals surface area contributed by atoms with Crippen LogP contribution in [0.15, 0.2) is 20.2 Å². The molecule has 1 aromatic rings. The lowest BCUT2D eigenvalue weighted by atomic mass is 10.3. The Morgan fingerprint density at radius 3 is 2.33 bits per heavy atom. The van der Waals surface area contributed by atoms with Crippen molar-refractivity contribution in [3.05, 3.63) is 20.7 Å². The van der Waals surface area contributed by atoms with E-state index in [1.54, 1.807) is 0 Å². The number of halogens is 5. The van der Waals surface area contributed by atoms with Gasteiger partial charge < -0.3 is 0 Å². The Bertz CT molecular complexity index is 494. The normalized spacial score (nSPS) is 12.1. The quantitative estimate of drug-likeness (QED) is 0.733.